The second-order valence-corrected chi connectivity index (χ2v) is 2.69. The Kier molecular flexibility index (Phi) is 3.75. The van der Waals surface area contributed by atoms with Crippen molar-refractivity contribution in [1.82, 2.24) is 10.4 Å². The van der Waals surface area contributed by atoms with Crippen LogP contribution in [0.15, 0.2) is 29.6 Å². The highest BCUT2D eigenvalue weighted by atomic mass is 16.3. The number of hydrazone groups is 1. The Morgan fingerprint density at radius 3 is 2.86 bits per heavy atom. The van der Waals surface area contributed by atoms with Crippen molar-refractivity contribution in [3.8, 4) is 0 Å². The molecule has 1 amide bonds. The number of aliphatic hydroxyl groups is 1. The highest BCUT2D eigenvalue weighted by Gasteiger charge is 2.05. The van der Waals surface area contributed by atoms with Crippen LogP contribution >= 0.6 is 0 Å². The van der Waals surface area contributed by atoms with E-state index < -0.39 is 12.0 Å². The fourth-order valence-corrected chi connectivity index (χ4v) is 0.713. The molecule has 0 aliphatic carbocycles. The standard InChI is InChI=1S/C9H11N3O2/c1-7(13)9(14)12-11-6-8-2-4-10-5-3-8/h2-7,13H,1H3,(H,12,14)/b11-6-/t7-/m1/s1. The lowest BCUT2D eigenvalue weighted by Crippen LogP contribution is -2.28. The number of nitrogens with zero attached hydrogens (tertiary/aromatic N) is 2. The molecule has 0 bridgehead atoms. The molecule has 1 aromatic heterocycles. The lowest BCUT2D eigenvalue weighted by atomic mass is 10.3. The highest BCUT2D eigenvalue weighted by Crippen LogP contribution is 1.90. The van der Waals surface area contributed by atoms with Crippen LogP contribution in [0.25, 0.3) is 0 Å². The summed E-state index contributed by atoms with van der Waals surface area (Å²) < 4.78 is 0. The average molecular weight is 193 g/mol. The molecule has 0 aromatic carbocycles. The van der Waals surface area contributed by atoms with Gasteiger partial charge in [-0.2, -0.15) is 5.10 Å². The van der Waals surface area contributed by atoms with Gasteiger partial charge in [0.2, 0.25) is 0 Å². The van der Waals surface area contributed by atoms with Crippen molar-refractivity contribution in [2.45, 2.75) is 13.0 Å². The lowest BCUT2D eigenvalue weighted by molar-refractivity contribution is -0.128. The van der Waals surface area contributed by atoms with E-state index in [-0.39, 0.29) is 0 Å². The van der Waals surface area contributed by atoms with Crippen molar-refractivity contribution in [1.29, 1.82) is 0 Å². The summed E-state index contributed by atoms with van der Waals surface area (Å²) in [7, 11) is 0. The summed E-state index contributed by atoms with van der Waals surface area (Å²) >= 11 is 0. The molecule has 2 N–H and O–H groups in total. The summed E-state index contributed by atoms with van der Waals surface area (Å²) in [6, 6.07) is 3.50. The Labute approximate surface area is 81.5 Å². The monoisotopic (exact) mass is 193 g/mol. The summed E-state index contributed by atoms with van der Waals surface area (Å²) in [6.07, 6.45) is 3.67. The maximum absolute atomic E-state index is 10.8. The maximum atomic E-state index is 10.8. The van der Waals surface area contributed by atoms with Gasteiger partial charge in [-0.1, -0.05) is 0 Å². The predicted molar refractivity (Wildman–Crippen MR) is 51.7 cm³/mol. The van der Waals surface area contributed by atoms with Gasteiger partial charge in [0.05, 0.1) is 6.21 Å². The van der Waals surface area contributed by atoms with Gasteiger partial charge in [0, 0.05) is 12.4 Å². The topological polar surface area (TPSA) is 74.6 Å². The number of nitrogens with one attached hydrogen (secondary N) is 1. The summed E-state index contributed by atoms with van der Waals surface area (Å²) in [5.74, 6) is -0.532. The molecule has 0 aliphatic rings. The first kappa shape index (κ1) is 10.3. The zero-order valence-corrected chi connectivity index (χ0v) is 7.71. The van der Waals surface area contributed by atoms with E-state index in [1.165, 1.54) is 13.1 Å². The number of amides is 1. The summed E-state index contributed by atoms with van der Waals surface area (Å²) in [4.78, 5) is 14.7. The maximum Gasteiger partial charge on any atom is 0.268 e. The minimum atomic E-state index is -1.05. The van der Waals surface area contributed by atoms with Crippen molar-refractivity contribution < 1.29 is 9.90 Å². The van der Waals surface area contributed by atoms with Crippen molar-refractivity contribution in [2.75, 3.05) is 0 Å². The van der Waals surface area contributed by atoms with E-state index in [0.29, 0.717) is 0 Å². The third-order valence-electron chi connectivity index (χ3n) is 1.47. The van der Waals surface area contributed by atoms with E-state index in [1.807, 2.05) is 0 Å². The fraction of sp³-hybridized carbons (Fsp3) is 0.222. The van der Waals surface area contributed by atoms with Crippen LogP contribution < -0.4 is 5.43 Å². The van der Waals surface area contributed by atoms with Crippen LogP contribution in [-0.2, 0) is 4.79 Å². The number of carbonyl (C=O) groups excluding carboxylic acids is 1. The number of aromatic nitrogens is 1. The molecule has 0 saturated heterocycles. The molecule has 5 nitrogen and oxygen atoms in total. The molecule has 0 fully saturated rings. The molecule has 0 aliphatic heterocycles. The molecule has 74 valence electrons. The average Bonchev–Trinajstić information content (AvgIpc) is 2.19. The van der Waals surface area contributed by atoms with Crippen LogP contribution in [-0.4, -0.2) is 28.3 Å². The van der Waals surface area contributed by atoms with Crippen molar-refractivity contribution in [3.63, 3.8) is 0 Å². The van der Waals surface area contributed by atoms with Gasteiger partial charge in [0.25, 0.3) is 5.91 Å². The van der Waals surface area contributed by atoms with Crippen LogP contribution in [0.1, 0.15) is 12.5 Å². The molecule has 14 heavy (non-hydrogen) atoms. The largest absolute Gasteiger partial charge is 0.383 e. The highest BCUT2D eigenvalue weighted by molar-refractivity contribution is 5.83. The van der Waals surface area contributed by atoms with Crippen LogP contribution in [0.5, 0.6) is 0 Å². The van der Waals surface area contributed by atoms with Gasteiger partial charge in [-0.25, -0.2) is 5.43 Å². The first-order valence-corrected chi connectivity index (χ1v) is 4.11. The quantitative estimate of drug-likeness (QED) is 0.520. The minimum absolute atomic E-state index is 0.532. The molecule has 0 radical (unpaired) electrons. The van der Waals surface area contributed by atoms with Crippen LogP contribution in [0.4, 0.5) is 0 Å². The normalized spacial score (nSPS) is 12.7. The summed E-state index contributed by atoms with van der Waals surface area (Å²) in [6.45, 7) is 1.37. The van der Waals surface area contributed by atoms with Crippen LogP contribution in [0.3, 0.4) is 0 Å². The van der Waals surface area contributed by atoms with Gasteiger partial charge in [-0.15, -0.1) is 0 Å². The SMILES string of the molecule is C[C@@H](O)C(=O)N/N=C\c1ccncc1. The minimum Gasteiger partial charge on any atom is -0.383 e. The number of pyridine rings is 1. The zero-order valence-electron chi connectivity index (χ0n) is 7.71. The van der Waals surface area contributed by atoms with Crippen LogP contribution in [0.2, 0.25) is 0 Å². The number of carbonyl (C=O) groups is 1. The molecular weight excluding hydrogens is 182 g/mol. The Morgan fingerprint density at radius 2 is 2.29 bits per heavy atom. The van der Waals surface area contributed by atoms with Crippen LogP contribution in [0, 0.1) is 0 Å². The number of rotatable bonds is 3. The molecule has 0 spiro atoms. The first-order valence-electron chi connectivity index (χ1n) is 4.11. The third kappa shape index (κ3) is 3.32. The predicted octanol–water partition coefficient (Wildman–Crippen LogP) is -0.0875. The second-order valence-electron chi connectivity index (χ2n) is 2.69. The molecule has 1 rings (SSSR count). The zero-order chi connectivity index (χ0) is 10.4. The second kappa shape index (κ2) is 5.08. The van der Waals surface area contributed by atoms with Gasteiger partial charge < -0.3 is 5.11 Å². The van der Waals surface area contributed by atoms with Crippen molar-refractivity contribution >= 4 is 12.1 Å². The lowest BCUT2D eigenvalue weighted by Gasteiger charge is -2.00. The molecule has 0 unspecified atom stereocenters. The van der Waals surface area contributed by atoms with Crippen molar-refractivity contribution in [2.24, 2.45) is 5.10 Å². The first-order chi connectivity index (χ1) is 6.70. The molecule has 1 heterocycles. The van der Waals surface area contributed by atoms with Gasteiger partial charge in [-0.05, 0) is 24.6 Å². The van der Waals surface area contributed by atoms with E-state index in [4.69, 9.17) is 5.11 Å². The Bertz CT molecular complexity index is 322. The van der Waals surface area contributed by atoms with Gasteiger partial charge >= 0.3 is 0 Å². The Morgan fingerprint density at radius 1 is 1.64 bits per heavy atom. The van der Waals surface area contributed by atoms with E-state index >= 15 is 0 Å². The summed E-state index contributed by atoms with van der Waals surface area (Å²) in [5.41, 5.74) is 3.02. The molecular formula is C9H11N3O2. The third-order valence-corrected chi connectivity index (χ3v) is 1.47. The van der Waals surface area contributed by atoms with Gasteiger partial charge in [-0.3, -0.25) is 9.78 Å². The van der Waals surface area contributed by atoms with Gasteiger partial charge in [0.1, 0.15) is 6.10 Å². The number of hydrogen-bond donors (Lipinski definition) is 2. The van der Waals surface area contributed by atoms with E-state index in [1.54, 1.807) is 24.5 Å². The Balaban J connectivity index is 2.46. The van der Waals surface area contributed by atoms with Gasteiger partial charge in [0.15, 0.2) is 0 Å². The van der Waals surface area contributed by atoms with E-state index in [2.05, 4.69) is 15.5 Å². The molecule has 5 heteroatoms. The Hall–Kier alpha value is -1.75. The summed E-state index contributed by atoms with van der Waals surface area (Å²) in [5, 5.41) is 12.5. The van der Waals surface area contributed by atoms with E-state index in [9.17, 15) is 4.79 Å². The number of aliphatic hydroxyl groups excluding tert-OH is 1. The molecule has 1 aromatic rings. The molecule has 1 atom stereocenters. The smallest absolute Gasteiger partial charge is 0.268 e. The molecule has 0 saturated carbocycles. The van der Waals surface area contributed by atoms with E-state index in [0.717, 1.165) is 5.56 Å². The van der Waals surface area contributed by atoms with Crippen molar-refractivity contribution in [3.05, 3.63) is 30.1 Å². The fourth-order valence-electron chi connectivity index (χ4n) is 0.713. The number of hydrogen-bond acceptors (Lipinski definition) is 4.